The summed E-state index contributed by atoms with van der Waals surface area (Å²) in [4.78, 5) is 0. The van der Waals surface area contributed by atoms with Crippen LogP contribution in [0.25, 0.3) is 0 Å². The topological polar surface area (TPSA) is 41.5 Å². The standard InChI is InChI=1S/C25H27F6NO2/c1-14-4-2-3-5-19(14)23-20-12-32-11-15(20)6-7-21(23)34-22(13-33)16-8-17(24(26,27)28)10-18(9-16)25(29,30)31/h2-5,8-10,15,20-23,32-33H,6-7,11-13H2,1H3/t15-,20-,21+,22-,23+/m1/s1. The Hall–Kier alpha value is -2.10. The second-order valence-corrected chi connectivity index (χ2v) is 9.23. The normalized spacial score (nSPS) is 26.4. The van der Waals surface area contributed by atoms with Crippen molar-refractivity contribution in [3.63, 3.8) is 0 Å². The van der Waals surface area contributed by atoms with E-state index in [9.17, 15) is 31.4 Å². The van der Waals surface area contributed by atoms with Gasteiger partial charge in [0, 0.05) is 5.92 Å². The fourth-order valence-corrected chi connectivity index (χ4v) is 5.47. The second-order valence-electron chi connectivity index (χ2n) is 9.23. The van der Waals surface area contributed by atoms with Gasteiger partial charge in [0.25, 0.3) is 0 Å². The van der Waals surface area contributed by atoms with Crippen LogP contribution in [0.15, 0.2) is 42.5 Å². The third kappa shape index (κ3) is 5.11. The largest absolute Gasteiger partial charge is 0.416 e. The molecule has 2 aliphatic rings. The zero-order valence-electron chi connectivity index (χ0n) is 18.6. The maximum Gasteiger partial charge on any atom is 0.416 e. The Labute approximate surface area is 194 Å². The number of rotatable bonds is 5. The quantitative estimate of drug-likeness (QED) is 0.519. The molecule has 1 heterocycles. The predicted octanol–water partition coefficient (Wildman–Crippen LogP) is 5.86. The van der Waals surface area contributed by atoms with Crippen molar-refractivity contribution in [2.45, 2.75) is 50.2 Å². The number of aliphatic hydroxyl groups is 1. The third-order valence-electron chi connectivity index (χ3n) is 7.11. The molecule has 2 aromatic rings. The van der Waals surface area contributed by atoms with Gasteiger partial charge in [-0.15, -0.1) is 0 Å². The van der Waals surface area contributed by atoms with Gasteiger partial charge >= 0.3 is 12.4 Å². The van der Waals surface area contributed by atoms with Gasteiger partial charge in [-0.3, -0.25) is 0 Å². The van der Waals surface area contributed by atoms with E-state index in [2.05, 4.69) is 5.32 Å². The highest BCUT2D eigenvalue weighted by Crippen LogP contribution is 2.47. The molecule has 4 rings (SSSR count). The molecule has 2 fully saturated rings. The van der Waals surface area contributed by atoms with Crippen molar-refractivity contribution in [1.82, 2.24) is 5.32 Å². The van der Waals surface area contributed by atoms with Gasteiger partial charge in [0.2, 0.25) is 0 Å². The Bertz CT molecular complexity index is 973. The Balaban J connectivity index is 1.70. The Morgan fingerprint density at radius 3 is 2.21 bits per heavy atom. The van der Waals surface area contributed by atoms with Crippen LogP contribution in [0.3, 0.4) is 0 Å². The Morgan fingerprint density at radius 1 is 0.971 bits per heavy atom. The molecule has 1 saturated heterocycles. The molecule has 0 spiro atoms. The fourth-order valence-electron chi connectivity index (χ4n) is 5.47. The van der Waals surface area contributed by atoms with Crippen molar-refractivity contribution in [1.29, 1.82) is 0 Å². The summed E-state index contributed by atoms with van der Waals surface area (Å²) in [6.45, 7) is 2.87. The molecule has 5 atom stereocenters. The van der Waals surface area contributed by atoms with E-state index in [1.54, 1.807) is 0 Å². The minimum Gasteiger partial charge on any atom is -0.393 e. The number of benzene rings is 2. The monoisotopic (exact) mass is 487 g/mol. The fraction of sp³-hybridized carbons (Fsp3) is 0.520. The minimum absolute atomic E-state index is 0.0862. The molecule has 3 nitrogen and oxygen atoms in total. The van der Waals surface area contributed by atoms with Crippen molar-refractivity contribution in [3.05, 3.63) is 70.3 Å². The van der Waals surface area contributed by atoms with E-state index in [1.807, 2.05) is 31.2 Å². The Morgan fingerprint density at radius 2 is 1.62 bits per heavy atom. The molecule has 0 bridgehead atoms. The van der Waals surface area contributed by atoms with E-state index in [0.717, 1.165) is 30.6 Å². The molecule has 1 saturated carbocycles. The molecule has 1 aliphatic heterocycles. The van der Waals surface area contributed by atoms with Crippen LogP contribution in [0.2, 0.25) is 0 Å². The van der Waals surface area contributed by atoms with Gasteiger partial charge in [-0.25, -0.2) is 0 Å². The van der Waals surface area contributed by atoms with Gasteiger partial charge in [-0.1, -0.05) is 24.3 Å². The average molecular weight is 487 g/mol. The summed E-state index contributed by atoms with van der Waals surface area (Å²) in [6, 6.07) is 9.17. The summed E-state index contributed by atoms with van der Waals surface area (Å²) in [5, 5.41) is 13.4. The van der Waals surface area contributed by atoms with Gasteiger partial charge < -0.3 is 15.2 Å². The first-order chi connectivity index (χ1) is 16.0. The SMILES string of the molecule is Cc1ccccc1[C@H]1[C@@H]2CNC[C@H]2CC[C@@H]1O[C@H](CO)c1cc(C(F)(F)F)cc(C(F)(F)F)c1. The number of aryl methyl sites for hydroxylation is 1. The predicted molar refractivity (Wildman–Crippen MR) is 114 cm³/mol. The number of ether oxygens (including phenoxy) is 1. The molecule has 34 heavy (non-hydrogen) atoms. The minimum atomic E-state index is -4.97. The molecule has 1 aliphatic carbocycles. The number of aliphatic hydroxyl groups excluding tert-OH is 1. The van der Waals surface area contributed by atoms with Gasteiger partial charge in [0.05, 0.1) is 23.8 Å². The lowest BCUT2D eigenvalue weighted by Gasteiger charge is -2.42. The maximum atomic E-state index is 13.4. The van der Waals surface area contributed by atoms with Crippen LogP contribution in [0, 0.1) is 18.8 Å². The zero-order valence-corrected chi connectivity index (χ0v) is 18.6. The van der Waals surface area contributed by atoms with E-state index in [-0.39, 0.29) is 23.5 Å². The number of halogens is 6. The summed E-state index contributed by atoms with van der Waals surface area (Å²) >= 11 is 0. The summed E-state index contributed by atoms with van der Waals surface area (Å²) in [5.74, 6) is 0.561. The van der Waals surface area contributed by atoms with Gasteiger partial charge in [-0.05, 0) is 79.6 Å². The molecular formula is C25H27F6NO2. The number of fused-ring (bicyclic) bond motifs is 1. The van der Waals surface area contributed by atoms with Crippen LogP contribution in [0.1, 0.15) is 52.7 Å². The first-order valence-electron chi connectivity index (χ1n) is 11.3. The van der Waals surface area contributed by atoms with Crippen LogP contribution in [-0.4, -0.2) is 30.9 Å². The highest BCUT2D eigenvalue weighted by molar-refractivity contribution is 5.36. The number of alkyl halides is 6. The van der Waals surface area contributed by atoms with Gasteiger partial charge in [0.1, 0.15) is 6.10 Å². The summed E-state index contributed by atoms with van der Waals surface area (Å²) in [7, 11) is 0. The van der Waals surface area contributed by atoms with E-state index < -0.39 is 42.3 Å². The van der Waals surface area contributed by atoms with E-state index >= 15 is 0 Å². The van der Waals surface area contributed by atoms with E-state index in [1.165, 1.54) is 0 Å². The van der Waals surface area contributed by atoms with Crippen LogP contribution < -0.4 is 5.32 Å². The van der Waals surface area contributed by atoms with Crippen LogP contribution in [0.5, 0.6) is 0 Å². The highest BCUT2D eigenvalue weighted by Gasteiger charge is 2.45. The summed E-state index contributed by atoms with van der Waals surface area (Å²) in [6.07, 6.45) is -10.3. The second kappa shape index (κ2) is 9.51. The lowest BCUT2D eigenvalue weighted by atomic mass is 9.68. The molecule has 0 aromatic heterocycles. The first-order valence-corrected chi connectivity index (χ1v) is 11.3. The summed E-state index contributed by atoms with van der Waals surface area (Å²) in [5.41, 5.74) is -1.06. The highest BCUT2D eigenvalue weighted by atomic mass is 19.4. The smallest absolute Gasteiger partial charge is 0.393 e. The van der Waals surface area contributed by atoms with Crippen molar-refractivity contribution < 1.29 is 36.2 Å². The lowest BCUT2D eigenvalue weighted by Crippen LogP contribution is -2.39. The average Bonchev–Trinajstić information content (AvgIpc) is 3.25. The summed E-state index contributed by atoms with van der Waals surface area (Å²) < 4.78 is 86.3. The third-order valence-corrected chi connectivity index (χ3v) is 7.11. The van der Waals surface area contributed by atoms with Crippen LogP contribution in [-0.2, 0) is 17.1 Å². The molecule has 0 amide bonds. The molecule has 9 heteroatoms. The van der Waals surface area contributed by atoms with Crippen LogP contribution >= 0.6 is 0 Å². The number of nitrogens with one attached hydrogen (secondary N) is 1. The van der Waals surface area contributed by atoms with Crippen molar-refractivity contribution >= 4 is 0 Å². The molecular weight excluding hydrogens is 460 g/mol. The zero-order chi connectivity index (χ0) is 24.7. The van der Waals surface area contributed by atoms with Gasteiger partial charge in [-0.2, -0.15) is 26.3 Å². The van der Waals surface area contributed by atoms with E-state index in [4.69, 9.17) is 4.74 Å². The molecule has 0 unspecified atom stereocenters. The Kier molecular flexibility index (Phi) is 6.99. The molecule has 0 radical (unpaired) electrons. The van der Waals surface area contributed by atoms with Gasteiger partial charge in [0.15, 0.2) is 0 Å². The maximum absolute atomic E-state index is 13.4. The molecule has 186 valence electrons. The van der Waals surface area contributed by atoms with Crippen molar-refractivity contribution in [2.24, 2.45) is 11.8 Å². The first kappa shape index (κ1) is 25.0. The van der Waals surface area contributed by atoms with Crippen molar-refractivity contribution in [2.75, 3.05) is 19.7 Å². The number of hydrogen-bond acceptors (Lipinski definition) is 3. The van der Waals surface area contributed by atoms with Crippen LogP contribution in [0.4, 0.5) is 26.3 Å². The van der Waals surface area contributed by atoms with E-state index in [0.29, 0.717) is 24.5 Å². The molecule has 2 aromatic carbocycles. The number of hydrogen-bond donors (Lipinski definition) is 2. The lowest BCUT2D eigenvalue weighted by molar-refractivity contribution is -0.143. The van der Waals surface area contributed by atoms with Crippen molar-refractivity contribution in [3.8, 4) is 0 Å². The molecule has 2 N–H and O–H groups in total.